The van der Waals surface area contributed by atoms with Gasteiger partial charge >= 0.3 is 6.18 Å². The van der Waals surface area contributed by atoms with Crippen molar-refractivity contribution in [3.05, 3.63) is 77.5 Å². The van der Waals surface area contributed by atoms with E-state index in [0.717, 1.165) is 12.1 Å². The van der Waals surface area contributed by atoms with Gasteiger partial charge in [0, 0.05) is 36.8 Å². The third kappa shape index (κ3) is 4.88. The fraction of sp³-hybridized carbons (Fsp3) is 0.292. The number of alkyl halides is 3. The van der Waals surface area contributed by atoms with Crippen LogP contribution >= 0.6 is 0 Å². The van der Waals surface area contributed by atoms with E-state index in [1.54, 1.807) is 48.1 Å². The molecule has 2 heterocycles. The fourth-order valence-electron chi connectivity index (χ4n) is 3.87. The predicted molar refractivity (Wildman–Crippen MR) is 124 cm³/mol. The molecule has 2 N–H and O–H groups in total. The van der Waals surface area contributed by atoms with E-state index in [2.05, 4.69) is 10.7 Å². The summed E-state index contributed by atoms with van der Waals surface area (Å²) in [5.41, 5.74) is 3.34. The minimum atomic E-state index is -4.43. The first kappa shape index (κ1) is 24.0. The largest absolute Gasteiger partial charge is 0.416 e. The summed E-state index contributed by atoms with van der Waals surface area (Å²) in [4.78, 5) is 13.9. The Hall–Kier alpha value is -3.11. The Labute approximate surface area is 198 Å². The second-order valence-electron chi connectivity index (χ2n) is 8.84. The molecule has 180 valence electrons. The van der Waals surface area contributed by atoms with Crippen LogP contribution in [0.5, 0.6) is 0 Å². The van der Waals surface area contributed by atoms with Crippen LogP contribution in [0.1, 0.15) is 35.3 Å². The van der Waals surface area contributed by atoms with E-state index in [0.29, 0.717) is 22.7 Å². The van der Waals surface area contributed by atoms with E-state index in [4.69, 9.17) is 0 Å². The molecule has 6 nitrogen and oxygen atoms in total. The molecule has 34 heavy (non-hydrogen) atoms. The van der Waals surface area contributed by atoms with Crippen LogP contribution in [-0.2, 0) is 23.5 Å². The average Bonchev–Trinajstić information content (AvgIpc) is 3.14. The molecule has 0 saturated carbocycles. The monoisotopic (exact) mass is 490 g/mol. The van der Waals surface area contributed by atoms with Crippen molar-refractivity contribution < 1.29 is 22.2 Å². The Bertz CT molecular complexity index is 1220. The number of rotatable bonds is 4. The van der Waals surface area contributed by atoms with Gasteiger partial charge in [-0.25, -0.2) is 9.63 Å². The van der Waals surface area contributed by atoms with Gasteiger partial charge in [0.2, 0.25) is 0 Å². The number of amides is 1. The van der Waals surface area contributed by atoms with E-state index in [-0.39, 0.29) is 23.0 Å². The van der Waals surface area contributed by atoms with Crippen molar-refractivity contribution in [2.75, 3.05) is 18.9 Å². The number of carbonyl (C=O) groups excluding carboxylic acids is 1. The summed E-state index contributed by atoms with van der Waals surface area (Å²) in [7, 11) is -0.0966. The van der Waals surface area contributed by atoms with Gasteiger partial charge in [-0.1, -0.05) is 30.3 Å². The number of nitrogens with zero attached hydrogens (tertiary/aromatic N) is 2. The van der Waals surface area contributed by atoms with E-state index in [1.807, 2.05) is 13.8 Å². The van der Waals surface area contributed by atoms with Gasteiger partial charge in [-0.3, -0.25) is 9.80 Å². The maximum absolute atomic E-state index is 13.7. The summed E-state index contributed by atoms with van der Waals surface area (Å²) < 4.78 is 54.3. The zero-order chi connectivity index (χ0) is 24.7. The molecule has 1 amide bonds. The van der Waals surface area contributed by atoms with Crippen molar-refractivity contribution in [3.8, 4) is 0 Å². The lowest BCUT2D eigenvalue weighted by Crippen LogP contribution is -2.56. The number of halogens is 3. The smallest absolute Gasteiger partial charge is 0.381 e. The van der Waals surface area contributed by atoms with Crippen LogP contribution in [0, 0.1) is 0 Å². The number of hydrogen-bond donors (Lipinski definition) is 2. The molecular weight excluding hydrogens is 465 g/mol. The molecule has 4 rings (SSSR count). The van der Waals surface area contributed by atoms with Crippen molar-refractivity contribution in [2.45, 2.75) is 42.0 Å². The van der Waals surface area contributed by atoms with Crippen molar-refractivity contribution in [1.29, 1.82) is 0 Å². The third-order valence-electron chi connectivity index (χ3n) is 5.51. The first-order valence-electron chi connectivity index (χ1n) is 10.6. The molecule has 0 bridgehead atoms. The van der Waals surface area contributed by atoms with Crippen LogP contribution in [0.15, 0.2) is 70.7 Å². The van der Waals surface area contributed by atoms with E-state index < -0.39 is 28.1 Å². The first-order chi connectivity index (χ1) is 16.0. The van der Waals surface area contributed by atoms with Crippen LogP contribution in [-0.4, -0.2) is 38.8 Å². The molecule has 0 fully saturated rings. The summed E-state index contributed by atoms with van der Waals surface area (Å²) >= 11 is 0. The van der Waals surface area contributed by atoms with Crippen LogP contribution in [0.4, 0.5) is 18.9 Å². The van der Waals surface area contributed by atoms with Gasteiger partial charge in [0.05, 0.1) is 16.8 Å². The Morgan fingerprint density at radius 1 is 1.06 bits per heavy atom. The maximum Gasteiger partial charge on any atom is 0.416 e. The van der Waals surface area contributed by atoms with E-state index in [9.17, 15) is 22.2 Å². The summed E-state index contributed by atoms with van der Waals surface area (Å²) in [5, 5.41) is 4.94. The number of fused-ring (bicyclic) bond motifs is 1. The Kier molecular flexibility index (Phi) is 6.30. The first-order valence-corrected chi connectivity index (χ1v) is 11.8. The van der Waals surface area contributed by atoms with Gasteiger partial charge < -0.3 is 9.88 Å². The van der Waals surface area contributed by atoms with Crippen molar-refractivity contribution in [2.24, 2.45) is 0 Å². The second kappa shape index (κ2) is 8.92. The minimum Gasteiger partial charge on any atom is -0.381 e. The maximum atomic E-state index is 13.7. The lowest BCUT2D eigenvalue weighted by molar-refractivity contribution is -0.137. The molecule has 2 aromatic carbocycles. The Morgan fingerprint density at radius 2 is 1.71 bits per heavy atom. The summed E-state index contributed by atoms with van der Waals surface area (Å²) in [6.45, 7) is 4.52. The van der Waals surface area contributed by atoms with Crippen LogP contribution in [0.3, 0.4) is 0 Å². The van der Waals surface area contributed by atoms with Gasteiger partial charge in [0.1, 0.15) is 15.8 Å². The van der Waals surface area contributed by atoms with Crippen LogP contribution < -0.4 is 10.7 Å². The molecule has 0 saturated heterocycles. The SMILES string of the molecule is CN1NC(C)(C)CNc2cn(Cc3ccc(C(F)(F)F)cc3)c(S(=O)c3ccccc3)c2C1=O. The minimum absolute atomic E-state index is 0.147. The van der Waals surface area contributed by atoms with Gasteiger partial charge in [-0.2, -0.15) is 13.2 Å². The number of hydrogen-bond acceptors (Lipinski definition) is 4. The van der Waals surface area contributed by atoms with Gasteiger partial charge in [-0.05, 0) is 43.7 Å². The van der Waals surface area contributed by atoms with Gasteiger partial charge in [-0.15, -0.1) is 0 Å². The molecule has 1 unspecified atom stereocenters. The van der Waals surface area contributed by atoms with Crippen molar-refractivity contribution in [3.63, 3.8) is 0 Å². The highest BCUT2D eigenvalue weighted by atomic mass is 32.2. The lowest BCUT2D eigenvalue weighted by Gasteiger charge is -2.34. The number of hydrazine groups is 1. The van der Waals surface area contributed by atoms with Crippen molar-refractivity contribution >= 4 is 22.4 Å². The zero-order valence-corrected chi connectivity index (χ0v) is 19.8. The standard InChI is InChI=1S/C24H25F3N4O2S/c1-23(2)15-28-19-14-31(13-16-9-11-17(12-10-16)24(25,26)27)22(20(19)21(32)30(3)29-23)34(33)18-7-5-4-6-8-18/h4-12,14,28-29H,13,15H2,1-3H3. The molecule has 0 radical (unpaired) electrons. The van der Waals surface area contributed by atoms with Crippen LogP contribution in [0.2, 0.25) is 0 Å². The summed E-state index contributed by atoms with van der Waals surface area (Å²) in [5.74, 6) is -0.360. The Balaban J connectivity index is 1.82. The lowest BCUT2D eigenvalue weighted by atomic mass is 10.1. The fourth-order valence-corrected chi connectivity index (χ4v) is 5.22. The molecule has 1 atom stereocenters. The van der Waals surface area contributed by atoms with Gasteiger partial charge in [0.25, 0.3) is 5.91 Å². The molecule has 1 aliphatic rings. The molecule has 0 aliphatic carbocycles. The molecule has 0 spiro atoms. The zero-order valence-electron chi connectivity index (χ0n) is 18.9. The number of benzene rings is 2. The topological polar surface area (TPSA) is 66.4 Å². The third-order valence-corrected chi connectivity index (χ3v) is 7.00. The highest BCUT2D eigenvalue weighted by Crippen LogP contribution is 2.33. The predicted octanol–water partition coefficient (Wildman–Crippen LogP) is 4.50. The highest BCUT2D eigenvalue weighted by Gasteiger charge is 2.34. The van der Waals surface area contributed by atoms with E-state index >= 15 is 0 Å². The summed E-state index contributed by atoms with van der Waals surface area (Å²) in [6.07, 6.45) is -2.72. The quantitative estimate of drug-likeness (QED) is 0.565. The number of anilines is 1. The molecular formula is C24H25F3N4O2S. The normalized spacial score (nSPS) is 16.9. The molecule has 3 aromatic rings. The highest BCUT2D eigenvalue weighted by molar-refractivity contribution is 7.85. The number of nitrogens with one attached hydrogen (secondary N) is 2. The average molecular weight is 491 g/mol. The molecule has 10 heteroatoms. The number of carbonyl (C=O) groups is 1. The molecule has 1 aromatic heterocycles. The summed E-state index contributed by atoms with van der Waals surface area (Å²) in [6, 6.07) is 13.6. The Morgan fingerprint density at radius 3 is 2.32 bits per heavy atom. The number of aromatic nitrogens is 1. The van der Waals surface area contributed by atoms with Crippen molar-refractivity contribution in [1.82, 2.24) is 15.0 Å². The second-order valence-corrected chi connectivity index (χ2v) is 10.2. The van der Waals surface area contributed by atoms with Gasteiger partial charge in [0.15, 0.2) is 0 Å². The molecule has 1 aliphatic heterocycles. The van der Waals surface area contributed by atoms with E-state index in [1.165, 1.54) is 17.1 Å². The van der Waals surface area contributed by atoms with Crippen LogP contribution in [0.25, 0.3) is 0 Å².